The number of halogens is 3. The number of hydrogen-bond donors (Lipinski definition) is 0. The predicted molar refractivity (Wildman–Crippen MR) is 90.7 cm³/mol. The predicted octanol–water partition coefficient (Wildman–Crippen LogP) is 4.83. The molecule has 2 unspecified atom stereocenters. The SMILES string of the molecule is FC(F)(F)C#Cc1cccc2c1C1=CC=CC(C3CCCCO3)C1=N2. The molecule has 0 bridgehead atoms. The summed E-state index contributed by atoms with van der Waals surface area (Å²) in [5.41, 5.74) is 3.48. The van der Waals surface area contributed by atoms with Crippen LogP contribution in [0.15, 0.2) is 41.4 Å². The van der Waals surface area contributed by atoms with Gasteiger partial charge in [-0.15, -0.1) is 0 Å². The van der Waals surface area contributed by atoms with Crippen LogP contribution >= 0.6 is 0 Å². The van der Waals surface area contributed by atoms with Gasteiger partial charge in [0, 0.05) is 35.1 Å². The van der Waals surface area contributed by atoms with Crippen molar-refractivity contribution in [3.05, 3.63) is 47.6 Å². The lowest BCUT2D eigenvalue weighted by Gasteiger charge is -2.30. The molecule has 2 atom stereocenters. The van der Waals surface area contributed by atoms with Crippen molar-refractivity contribution in [3.8, 4) is 11.8 Å². The molecular formula is C20H16F3NO. The molecule has 0 aromatic heterocycles. The lowest BCUT2D eigenvalue weighted by Crippen LogP contribution is -2.33. The Bertz CT molecular complexity index is 846. The fourth-order valence-electron chi connectivity index (χ4n) is 3.61. The summed E-state index contributed by atoms with van der Waals surface area (Å²) < 4.78 is 43.4. The van der Waals surface area contributed by atoms with Crippen LogP contribution in [-0.2, 0) is 4.74 Å². The first-order chi connectivity index (χ1) is 12.0. The van der Waals surface area contributed by atoms with Gasteiger partial charge in [0.2, 0.25) is 0 Å². The molecule has 2 nitrogen and oxygen atoms in total. The Hall–Kier alpha value is -2.32. The van der Waals surface area contributed by atoms with Gasteiger partial charge in [0.15, 0.2) is 0 Å². The first kappa shape index (κ1) is 16.2. The number of benzene rings is 1. The zero-order valence-corrected chi connectivity index (χ0v) is 13.4. The van der Waals surface area contributed by atoms with Gasteiger partial charge in [-0.2, -0.15) is 13.2 Å². The fourth-order valence-corrected chi connectivity index (χ4v) is 3.61. The molecule has 0 radical (unpaired) electrons. The van der Waals surface area contributed by atoms with E-state index in [4.69, 9.17) is 9.73 Å². The van der Waals surface area contributed by atoms with Crippen molar-refractivity contribution in [2.24, 2.45) is 10.9 Å². The van der Waals surface area contributed by atoms with Gasteiger partial charge < -0.3 is 4.74 Å². The van der Waals surface area contributed by atoms with Gasteiger partial charge >= 0.3 is 6.18 Å². The van der Waals surface area contributed by atoms with Gasteiger partial charge in [-0.3, -0.25) is 4.99 Å². The van der Waals surface area contributed by atoms with Crippen molar-refractivity contribution >= 4 is 17.0 Å². The minimum absolute atomic E-state index is 0.0381. The van der Waals surface area contributed by atoms with E-state index in [2.05, 4.69) is 12.0 Å². The number of aliphatic imine (C=N–C) groups is 1. The van der Waals surface area contributed by atoms with Crippen LogP contribution < -0.4 is 0 Å². The van der Waals surface area contributed by atoms with Crippen molar-refractivity contribution in [3.63, 3.8) is 0 Å². The topological polar surface area (TPSA) is 21.6 Å². The molecule has 1 aromatic rings. The Morgan fingerprint density at radius 2 is 2.08 bits per heavy atom. The van der Waals surface area contributed by atoms with Crippen LogP contribution in [0.25, 0.3) is 5.57 Å². The van der Waals surface area contributed by atoms with E-state index in [1.807, 2.05) is 18.2 Å². The number of allylic oxidation sites excluding steroid dienone is 3. The lowest BCUT2D eigenvalue weighted by atomic mass is 9.82. The molecule has 1 aliphatic carbocycles. The minimum Gasteiger partial charge on any atom is -0.377 e. The molecule has 2 aliphatic heterocycles. The largest absolute Gasteiger partial charge is 0.458 e. The maximum Gasteiger partial charge on any atom is 0.458 e. The van der Waals surface area contributed by atoms with Gasteiger partial charge in [0.05, 0.1) is 17.5 Å². The van der Waals surface area contributed by atoms with Crippen molar-refractivity contribution in [1.82, 2.24) is 0 Å². The third-order valence-corrected chi connectivity index (χ3v) is 4.68. The second kappa shape index (κ2) is 6.20. The van der Waals surface area contributed by atoms with Crippen LogP contribution in [0.3, 0.4) is 0 Å². The van der Waals surface area contributed by atoms with Gasteiger partial charge in [0.25, 0.3) is 0 Å². The number of alkyl halides is 3. The Kier molecular flexibility index (Phi) is 4.01. The number of fused-ring (bicyclic) bond motifs is 3. The van der Waals surface area contributed by atoms with Crippen molar-refractivity contribution < 1.29 is 17.9 Å². The van der Waals surface area contributed by atoms with Gasteiger partial charge in [-0.05, 0) is 31.4 Å². The fraction of sp³-hybridized carbons (Fsp3) is 0.350. The summed E-state index contributed by atoms with van der Waals surface area (Å²) in [4.78, 5) is 4.70. The van der Waals surface area contributed by atoms with Crippen LogP contribution in [0.1, 0.15) is 30.4 Å². The molecule has 3 aliphatic rings. The molecule has 1 aromatic carbocycles. The van der Waals surface area contributed by atoms with E-state index in [1.54, 1.807) is 12.1 Å². The zero-order chi connectivity index (χ0) is 17.4. The molecule has 0 N–H and O–H groups in total. The smallest absolute Gasteiger partial charge is 0.377 e. The minimum atomic E-state index is -4.51. The second-order valence-electron chi connectivity index (χ2n) is 6.34. The quantitative estimate of drug-likeness (QED) is 0.670. The van der Waals surface area contributed by atoms with E-state index >= 15 is 0 Å². The van der Waals surface area contributed by atoms with E-state index in [1.165, 1.54) is 5.92 Å². The summed E-state index contributed by atoms with van der Waals surface area (Å²) in [7, 11) is 0. The molecule has 0 amide bonds. The standard InChI is InChI=1S/C20H16F3NO/c21-20(22,23)11-10-13-5-3-8-16-18(13)15-7-4-6-14(19(15)24-16)17-9-1-2-12-25-17/h3-8,14,17H,1-2,9,12H2. The van der Waals surface area contributed by atoms with Gasteiger partial charge in [-0.1, -0.05) is 30.2 Å². The Morgan fingerprint density at radius 1 is 1.20 bits per heavy atom. The van der Waals surface area contributed by atoms with Crippen LogP contribution in [0.2, 0.25) is 0 Å². The number of hydrogen-bond acceptors (Lipinski definition) is 2. The normalized spacial score (nSPS) is 24.6. The van der Waals surface area contributed by atoms with E-state index in [0.29, 0.717) is 16.8 Å². The molecule has 128 valence electrons. The highest BCUT2D eigenvalue weighted by atomic mass is 19.4. The Morgan fingerprint density at radius 3 is 2.84 bits per heavy atom. The number of ether oxygens (including phenoxy) is 1. The molecule has 0 spiro atoms. The molecule has 1 fully saturated rings. The lowest BCUT2D eigenvalue weighted by molar-refractivity contribution is -0.0696. The zero-order valence-electron chi connectivity index (χ0n) is 13.4. The highest BCUT2D eigenvalue weighted by Gasteiger charge is 2.35. The number of nitrogens with zero attached hydrogens (tertiary/aromatic N) is 1. The van der Waals surface area contributed by atoms with E-state index in [-0.39, 0.29) is 12.0 Å². The molecule has 0 saturated carbocycles. The summed E-state index contributed by atoms with van der Waals surface area (Å²) in [6.07, 6.45) is 4.65. The average molecular weight is 343 g/mol. The van der Waals surface area contributed by atoms with Crippen LogP contribution in [0, 0.1) is 17.8 Å². The van der Waals surface area contributed by atoms with Gasteiger partial charge in [0.1, 0.15) is 0 Å². The average Bonchev–Trinajstić information content (AvgIpc) is 2.99. The first-order valence-electron chi connectivity index (χ1n) is 8.35. The van der Waals surface area contributed by atoms with Crippen molar-refractivity contribution in [2.75, 3.05) is 6.61 Å². The summed E-state index contributed by atoms with van der Waals surface area (Å²) in [6, 6.07) is 5.13. The molecule has 5 heteroatoms. The van der Waals surface area contributed by atoms with E-state index in [0.717, 1.165) is 37.2 Å². The van der Waals surface area contributed by atoms with Crippen molar-refractivity contribution in [2.45, 2.75) is 31.5 Å². The van der Waals surface area contributed by atoms with Crippen LogP contribution in [0.5, 0.6) is 0 Å². The molecule has 4 rings (SSSR count). The summed E-state index contributed by atoms with van der Waals surface area (Å²) >= 11 is 0. The highest BCUT2D eigenvalue weighted by Crippen LogP contribution is 2.42. The Balaban J connectivity index is 1.71. The Labute approximate surface area is 144 Å². The summed E-state index contributed by atoms with van der Waals surface area (Å²) in [5.74, 6) is 3.67. The monoisotopic (exact) mass is 343 g/mol. The van der Waals surface area contributed by atoms with Crippen molar-refractivity contribution in [1.29, 1.82) is 0 Å². The maximum absolute atomic E-state index is 12.5. The third kappa shape index (κ3) is 3.14. The molecule has 25 heavy (non-hydrogen) atoms. The van der Waals surface area contributed by atoms with Crippen LogP contribution in [-0.4, -0.2) is 24.6 Å². The molecule has 1 saturated heterocycles. The summed E-state index contributed by atoms with van der Waals surface area (Å²) in [5, 5.41) is 0. The maximum atomic E-state index is 12.5. The molecule has 2 heterocycles. The van der Waals surface area contributed by atoms with Crippen LogP contribution in [0.4, 0.5) is 18.9 Å². The van der Waals surface area contributed by atoms with E-state index in [9.17, 15) is 13.2 Å². The second-order valence-corrected chi connectivity index (χ2v) is 6.34. The van der Waals surface area contributed by atoms with E-state index < -0.39 is 6.18 Å². The summed E-state index contributed by atoms with van der Waals surface area (Å²) in [6.45, 7) is 0.747. The van der Waals surface area contributed by atoms with Gasteiger partial charge in [-0.25, -0.2) is 0 Å². The third-order valence-electron chi connectivity index (χ3n) is 4.68. The highest BCUT2D eigenvalue weighted by molar-refractivity contribution is 6.31. The first-order valence-corrected chi connectivity index (χ1v) is 8.35. The molecular weight excluding hydrogens is 327 g/mol. The number of rotatable bonds is 1.